The minimum atomic E-state index is -0.321. The van der Waals surface area contributed by atoms with E-state index >= 15 is 0 Å². The molecule has 0 aliphatic carbocycles. The summed E-state index contributed by atoms with van der Waals surface area (Å²) in [6.07, 6.45) is 0. The Bertz CT molecular complexity index is 939. The molecule has 3 aromatic rings. The molecule has 2 heterocycles. The van der Waals surface area contributed by atoms with Crippen molar-refractivity contribution in [2.24, 2.45) is 0 Å². The van der Waals surface area contributed by atoms with E-state index in [9.17, 15) is 9.59 Å². The number of carbonyl (C=O) groups excluding carboxylic acids is 1. The number of H-pyrrole nitrogens is 2. The minimum Gasteiger partial charge on any atom is -0.322 e. The molecule has 110 valence electrons. The van der Waals surface area contributed by atoms with Gasteiger partial charge in [-0.3, -0.25) is 4.79 Å². The van der Waals surface area contributed by atoms with Crippen LogP contribution in [0.4, 0.5) is 5.69 Å². The van der Waals surface area contributed by atoms with E-state index < -0.39 is 0 Å². The maximum atomic E-state index is 12.5. The highest BCUT2D eigenvalue weighted by molar-refractivity contribution is 6.11. The molecule has 0 fully saturated rings. The SMILES string of the molecule is O=C(Nc1ccc2c(c1)CNC2)c1cccc2[nH]c(=O)[nH]c12. The Balaban J connectivity index is 1.68. The number of anilines is 1. The molecule has 22 heavy (non-hydrogen) atoms. The topological polar surface area (TPSA) is 89.8 Å². The third-order valence-corrected chi connectivity index (χ3v) is 3.89. The number of benzene rings is 2. The molecule has 4 N–H and O–H groups in total. The zero-order valence-corrected chi connectivity index (χ0v) is 11.7. The van der Waals surface area contributed by atoms with Gasteiger partial charge in [0.25, 0.3) is 5.91 Å². The average molecular weight is 294 g/mol. The molecule has 4 rings (SSSR count). The summed E-state index contributed by atoms with van der Waals surface area (Å²) in [6.45, 7) is 1.69. The summed E-state index contributed by atoms with van der Waals surface area (Å²) in [5.41, 5.74) is 4.47. The van der Waals surface area contributed by atoms with Crippen molar-refractivity contribution in [2.75, 3.05) is 5.32 Å². The van der Waals surface area contributed by atoms with Gasteiger partial charge >= 0.3 is 5.69 Å². The summed E-state index contributed by atoms with van der Waals surface area (Å²) >= 11 is 0. The van der Waals surface area contributed by atoms with Crippen molar-refractivity contribution in [1.82, 2.24) is 15.3 Å². The first-order chi connectivity index (χ1) is 10.7. The Kier molecular flexibility index (Phi) is 2.83. The minimum absolute atomic E-state index is 0.244. The van der Waals surface area contributed by atoms with Gasteiger partial charge in [0.15, 0.2) is 0 Å². The molecular formula is C16H14N4O2. The number of nitrogens with one attached hydrogen (secondary N) is 4. The van der Waals surface area contributed by atoms with Gasteiger partial charge in [-0.2, -0.15) is 0 Å². The van der Waals surface area contributed by atoms with Crippen LogP contribution in [0.25, 0.3) is 11.0 Å². The predicted molar refractivity (Wildman–Crippen MR) is 83.9 cm³/mol. The monoisotopic (exact) mass is 294 g/mol. The second-order valence-electron chi connectivity index (χ2n) is 5.35. The molecule has 1 aromatic heterocycles. The van der Waals surface area contributed by atoms with Gasteiger partial charge in [0.05, 0.1) is 16.6 Å². The maximum absolute atomic E-state index is 12.5. The average Bonchev–Trinajstić information content (AvgIpc) is 3.10. The van der Waals surface area contributed by atoms with Crippen LogP contribution in [0, 0.1) is 0 Å². The first-order valence-electron chi connectivity index (χ1n) is 7.05. The highest BCUT2D eigenvalue weighted by atomic mass is 16.2. The van der Waals surface area contributed by atoms with Crippen molar-refractivity contribution in [1.29, 1.82) is 0 Å². The van der Waals surface area contributed by atoms with Gasteiger partial charge in [0.1, 0.15) is 0 Å². The summed E-state index contributed by atoms with van der Waals surface area (Å²) < 4.78 is 0. The van der Waals surface area contributed by atoms with Crippen molar-refractivity contribution < 1.29 is 4.79 Å². The second kappa shape index (κ2) is 4.85. The molecule has 6 nitrogen and oxygen atoms in total. The number of imidazole rings is 1. The second-order valence-corrected chi connectivity index (χ2v) is 5.35. The molecule has 0 radical (unpaired) electrons. The molecule has 0 spiro atoms. The van der Waals surface area contributed by atoms with Gasteiger partial charge < -0.3 is 20.6 Å². The van der Waals surface area contributed by atoms with Crippen LogP contribution in [0.15, 0.2) is 41.2 Å². The molecular weight excluding hydrogens is 280 g/mol. The van der Waals surface area contributed by atoms with Crippen LogP contribution in [0.2, 0.25) is 0 Å². The Morgan fingerprint density at radius 2 is 1.91 bits per heavy atom. The lowest BCUT2D eigenvalue weighted by atomic mass is 10.1. The molecule has 0 bridgehead atoms. The summed E-state index contributed by atoms with van der Waals surface area (Å²) in [4.78, 5) is 29.2. The van der Waals surface area contributed by atoms with Gasteiger partial charge in [0, 0.05) is 18.8 Å². The Hall–Kier alpha value is -2.86. The van der Waals surface area contributed by atoms with E-state index in [4.69, 9.17) is 0 Å². The normalized spacial score (nSPS) is 13.3. The van der Waals surface area contributed by atoms with Gasteiger partial charge in [0.2, 0.25) is 0 Å². The molecule has 2 aromatic carbocycles. The molecule has 0 saturated heterocycles. The molecule has 0 atom stereocenters. The van der Waals surface area contributed by atoms with Gasteiger partial charge in [-0.05, 0) is 35.4 Å². The Labute approximate surface area is 125 Å². The highest BCUT2D eigenvalue weighted by Gasteiger charge is 2.14. The first kappa shape index (κ1) is 12.8. The van der Waals surface area contributed by atoms with Crippen LogP contribution < -0.4 is 16.3 Å². The van der Waals surface area contributed by atoms with Crippen molar-refractivity contribution in [2.45, 2.75) is 13.1 Å². The zero-order valence-electron chi connectivity index (χ0n) is 11.7. The van der Waals surface area contributed by atoms with Crippen LogP contribution >= 0.6 is 0 Å². The van der Waals surface area contributed by atoms with Crippen molar-refractivity contribution in [3.63, 3.8) is 0 Å². The van der Waals surface area contributed by atoms with E-state index in [0.717, 1.165) is 18.8 Å². The number of hydrogen-bond donors (Lipinski definition) is 4. The Morgan fingerprint density at radius 1 is 1.05 bits per heavy atom. The van der Waals surface area contributed by atoms with E-state index in [1.165, 1.54) is 11.1 Å². The van der Waals surface area contributed by atoms with Gasteiger partial charge in [-0.25, -0.2) is 4.79 Å². The van der Waals surface area contributed by atoms with Crippen LogP contribution in [0.5, 0.6) is 0 Å². The fourth-order valence-corrected chi connectivity index (χ4v) is 2.82. The number of aromatic nitrogens is 2. The fourth-order valence-electron chi connectivity index (χ4n) is 2.82. The number of aromatic amines is 2. The van der Waals surface area contributed by atoms with Crippen molar-refractivity contribution in [3.8, 4) is 0 Å². The van der Waals surface area contributed by atoms with Crippen LogP contribution in [0.3, 0.4) is 0 Å². The number of rotatable bonds is 2. The van der Waals surface area contributed by atoms with E-state index in [0.29, 0.717) is 16.6 Å². The van der Waals surface area contributed by atoms with E-state index in [1.807, 2.05) is 18.2 Å². The van der Waals surface area contributed by atoms with Gasteiger partial charge in [-0.1, -0.05) is 12.1 Å². The van der Waals surface area contributed by atoms with Crippen molar-refractivity contribution >= 4 is 22.6 Å². The van der Waals surface area contributed by atoms with E-state index in [1.54, 1.807) is 18.2 Å². The van der Waals surface area contributed by atoms with Crippen LogP contribution in [-0.2, 0) is 13.1 Å². The summed E-state index contributed by atoms with van der Waals surface area (Å²) in [6, 6.07) is 11.1. The molecule has 0 saturated carbocycles. The van der Waals surface area contributed by atoms with E-state index in [2.05, 4.69) is 20.6 Å². The third-order valence-electron chi connectivity index (χ3n) is 3.89. The highest BCUT2D eigenvalue weighted by Crippen LogP contribution is 2.21. The number of carbonyl (C=O) groups is 1. The number of hydrogen-bond acceptors (Lipinski definition) is 3. The largest absolute Gasteiger partial charge is 0.323 e. The quantitative estimate of drug-likeness (QED) is 0.580. The lowest BCUT2D eigenvalue weighted by molar-refractivity contribution is 0.102. The summed E-state index contributed by atoms with van der Waals surface area (Å²) in [5.74, 6) is -0.244. The lowest BCUT2D eigenvalue weighted by Crippen LogP contribution is -2.13. The number of para-hydroxylation sites is 1. The third kappa shape index (κ3) is 2.10. The predicted octanol–water partition coefficient (Wildman–Crippen LogP) is 1.71. The van der Waals surface area contributed by atoms with Crippen LogP contribution in [0.1, 0.15) is 21.5 Å². The van der Waals surface area contributed by atoms with Crippen molar-refractivity contribution in [3.05, 3.63) is 63.6 Å². The van der Waals surface area contributed by atoms with Crippen LogP contribution in [-0.4, -0.2) is 15.9 Å². The first-order valence-corrected chi connectivity index (χ1v) is 7.05. The lowest BCUT2D eigenvalue weighted by Gasteiger charge is -2.08. The standard InChI is InChI=1S/C16H14N4O2/c21-15(12-2-1-3-13-14(12)20-16(22)19-13)18-11-5-4-9-7-17-8-10(9)6-11/h1-6,17H,7-8H2,(H,18,21)(H2,19,20,22). The molecule has 1 aliphatic rings. The van der Waals surface area contributed by atoms with E-state index in [-0.39, 0.29) is 11.6 Å². The fraction of sp³-hybridized carbons (Fsp3) is 0.125. The number of fused-ring (bicyclic) bond motifs is 2. The molecule has 1 aliphatic heterocycles. The molecule has 1 amide bonds. The van der Waals surface area contributed by atoms with Gasteiger partial charge in [-0.15, -0.1) is 0 Å². The smallest absolute Gasteiger partial charge is 0.322 e. The summed E-state index contributed by atoms with van der Waals surface area (Å²) in [7, 11) is 0. The number of amides is 1. The Morgan fingerprint density at radius 3 is 2.82 bits per heavy atom. The molecule has 6 heteroatoms. The molecule has 0 unspecified atom stereocenters. The maximum Gasteiger partial charge on any atom is 0.323 e. The zero-order chi connectivity index (χ0) is 15.1. The summed E-state index contributed by atoms with van der Waals surface area (Å²) in [5, 5.41) is 6.16.